The second kappa shape index (κ2) is 5.95. The van der Waals surface area contributed by atoms with Crippen molar-refractivity contribution in [3.8, 4) is 0 Å². The summed E-state index contributed by atoms with van der Waals surface area (Å²) in [4.78, 5) is 6.44. The molecule has 0 aliphatic carbocycles. The van der Waals surface area contributed by atoms with Gasteiger partial charge in [-0.15, -0.1) is 0 Å². The number of aromatic nitrogens is 1. The van der Waals surface area contributed by atoms with Gasteiger partial charge < -0.3 is 10.2 Å². The topological polar surface area (TPSA) is 28.2 Å². The standard InChI is InChI=1S/C17H23N3/c1-12-8-9-15(11-13(12)2)14(3)19-16-7-6-10-18-17(16)20(4)5/h6-11,14,19H,1-5H3. The van der Waals surface area contributed by atoms with E-state index in [9.17, 15) is 0 Å². The number of rotatable bonds is 4. The van der Waals surface area contributed by atoms with Crippen molar-refractivity contribution >= 4 is 11.5 Å². The smallest absolute Gasteiger partial charge is 0.151 e. The van der Waals surface area contributed by atoms with Crippen LogP contribution < -0.4 is 10.2 Å². The Morgan fingerprint density at radius 1 is 1.10 bits per heavy atom. The van der Waals surface area contributed by atoms with Gasteiger partial charge in [-0.25, -0.2) is 4.98 Å². The van der Waals surface area contributed by atoms with Crippen LogP contribution >= 0.6 is 0 Å². The molecule has 20 heavy (non-hydrogen) atoms. The molecule has 0 saturated heterocycles. The van der Waals surface area contributed by atoms with E-state index in [0.29, 0.717) is 0 Å². The van der Waals surface area contributed by atoms with Crippen molar-refractivity contribution in [3.05, 3.63) is 53.2 Å². The molecule has 0 amide bonds. The SMILES string of the molecule is Cc1ccc(C(C)Nc2cccnc2N(C)C)cc1C. The summed E-state index contributed by atoms with van der Waals surface area (Å²) < 4.78 is 0. The van der Waals surface area contributed by atoms with Gasteiger partial charge in [0, 0.05) is 26.3 Å². The fraction of sp³-hybridized carbons (Fsp3) is 0.353. The molecule has 0 radical (unpaired) electrons. The average Bonchev–Trinajstić information content (AvgIpc) is 2.42. The summed E-state index contributed by atoms with van der Waals surface area (Å²) >= 11 is 0. The third-order valence-corrected chi connectivity index (χ3v) is 3.61. The van der Waals surface area contributed by atoms with E-state index >= 15 is 0 Å². The highest BCUT2D eigenvalue weighted by atomic mass is 15.2. The molecule has 0 aliphatic heterocycles. The highest BCUT2D eigenvalue weighted by Crippen LogP contribution is 2.26. The lowest BCUT2D eigenvalue weighted by molar-refractivity contribution is 0.877. The van der Waals surface area contributed by atoms with Crippen LogP contribution in [0.5, 0.6) is 0 Å². The summed E-state index contributed by atoms with van der Waals surface area (Å²) in [6, 6.07) is 10.9. The summed E-state index contributed by atoms with van der Waals surface area (Å²) in [6.45, 7) is 6.47. The van der Waals surface area contributed by atoms with E-state index in [2.05, 4.69) is 55.3 Å². The van der Waals surface area contributed by atoms with Gasteiger partial charge >= 0.3 is 0 Å². The molecule has 1 N–H and O–H groups in total. The number of anilines is 2. The summed E-state index contributed by atoms with van der Waals surface area (Å²) in [6.07, 6.45) is 1.82. The molecule has 0 fully saturated rings. The van der Waals surface area contributed by atoms with Crippen LogP contribution in [-0.2, 0) is 0 Å². The van der Waals surface area contributed by atoms with E-state index in [1.807, 2.05) is 31.3 Å². The van der Waals surface area contributed by atoms with E-state index in [1.165, 1.54) is 16.7 Å². The first-order chi connectivity index (χ1) is 9.49. The van der Waals surface area contributed by atoms with Gasteiger partial charge in [0.25, 0.3) is 0 Å². The maximum absolute atomic E-state index is 4.42. The van der Waals surface area contributed by atoms with Crippen molar-refractivity contribution in [2.75, 3.05) is 24.3 Å². The molecule has 0 aliphatic rings. The lowest BCUT2D eigenvalue weighted by atomic mass is 10.0. The number of aryl methyl sites for hydroxylation is 2. The zero-order valence-corrected chi connectivity index (χ0v) is 12.9. The van der Waals surface area contributed by atoms with E-state index in [1.54, 1.807) is 0 Å². The van der Waals surface area contributed by atoms with Crippen LogP contribution in [0.4, 0.5) is 11.5 Å². The largest absolute Gasteiger partial charge is 0.376 e. The Morgan fingerprint density at radius 2 is 1.85 bits per heavy atom. The molecule has 2 rings (SSSR count). The number of benzene rings is 1. The molecular formula is C17H23N3. The van der Waals surface area contributed by atoms with Crippen molar-refractivity contribution in [3.63, 3.8) is 0 Å². The minimum absolute atomic E-state index is 0.247. The van der Waals surface area contributed by atoms with Crippen LogP contribution in [0.15, 0.2) is 36.5 Å². The second-order valence-electron chi connectivity index (χ2n) is 5.48. The molecule has 3 nitrogen and oxygen atoms in total. The van der Waals surface area contributed by atoms with Crippen molar-refractivity contribution in [1.29, 1.82) is 0 Å². The van der Waals surface area contributed by atoms with E-state index in [0.717, 1.165) is 11.5 Å². The highest BCUT2D eigenvalue weighted by molar-refractivity contribution is 5.65. The van der Waals surface area contributed by atoms with Crippen LogP contribution in [-0.4, -0.2) is 19.1 Å². The average molecular weight is 269 g/mol. The van der Waals surface area contributed by atoms with E-state index in [4.69, 9.17) is 0 Å². The van der Waals surface area contributed by atoms with Crippen molar-refractivity contribution in [1.82, 2.24) is 4.98 Å². The van der Waals surface area contributed by atoms with E-state index in [-0.39, 0.29) is 6.04 Å². The first kappa shape index (κ1) is 14.4. The highest BCUT2D eigenvalue weighted by Gasteiger charge is 2.10. The van der Waals surface area contributed by atoms with Gasteiger partial charge in [0.2, 0.25) is 0 Å². The lowest BCUT2D eigenvalue weighted by Gasteiger charge is -2.21. The van der Waals surface area contributed by atoms with Gasteiger partial charge in [-0.05, 0) is 49.6 Å². The Balaban J connectivity index is 2.23. The number of pyridine rings is 1. The van der Waals surface area contributed by atoms with E-state index < -0.39 is 0 Å². The summed E-state index contributed by atoms with van der Waals surface area (Å²) in [5.41, 5.74) is 5.01. The monoisotopic (exact) mass is 269 g/mol. The number of nitrogens with one attached hydrogen (secondary N) is 1. The molecule has 0 spiro atoms. The van der Waals surface area contributed by atoms with Crippen LogP contribution in [0, 0.1) is 13.8 Å². The van der Waals surface area contributed by atoms with Crippen LogP contribution in [0.3, 0.4) is 0 Å². The Bertz CT molecular complexity index is 591. The molecule has 0 saturated carbocycles. The van der Waals surface area contributed by atoms with Gasteiger partial charge in [0.05, 0.1) is 5.69 Å². The fourth-order valence-corrected chi connectivity index (χ4v) is 2.22. The van der Waals surface area contributed by atoms with Crippen molar-refractivity contribution < 1.29 is 0 Å². The Labute approximate surface area is 121 Å². The number of hydrogen-bond acceptors (Lipinski definition) is 3. The third kappa shape index (κ3) is 3.10. The first-order valence-electron chi connectivity index (χ1n) is 6.95. The second-order valence-corrected chi connectivity index (χ2v) is 5.48. The molecule has 1 aromatic carbocycles. The van der Waals surface area contributed by atoms with Gasteiger partial charge in [-0.1, -0.05) is 18.2 Å². The van der Waals surface area contributed by atoms with Crippen molar-refractivity contribution in [2.45, 2.75) is 26.8 Å². The zero-order chi connectivity index (χ0) is 14.7. The van der Waals surface area contributed by atoms with Gasteiger partial charge in [-0.3, -0.25) is 0 Å². The molecular weight excluding hydrogens is 246 g/mol. The molecule has 1 unspecified atom stereocenters. The summed E-state index contributed by atoms with van der Waals surface area (Å²) in [7, 11) is 4.02. The minimum atomic E-state index is 0.247. The van der Waals surface area contributed by atoms with Gasteiger partial charge in [0.1, 0.15) is 0 Å². The predicted octanol–water partition coefficient (Wildman–Crippen LogP) is 3.94. The molecule has 1 aromatic heterocycles. The zero-order valence-electron chi connectivity index (χ0n) is 12.9. The first-order valence-corrected chi connectivity index (χ1v) is 6.95. The Morgan fingerprint density at radius 3 is 2.50 bits per heavy atom. The lowest BCUT2D eigenvalue weighted by Crippen LogP contribution is -2.15. The van der Waals surface area contributed by atoms with Crippen LogP contribution in [0.25, 0.3) is 0 Å². The molecule has 106 valence electrons. The summed E-state index contributed by atoms with van der Waals surface area (Å²) in [5.74, 6) is 0.961. The third-order valence-electron chi connectivity index (χ3n) is 3.61. The molecule has 3 heteroatoms. The van der Waals surface area contributed by atoms with Gasteiger partial charge in [-0.2, -0.15) is 0 Å². The summed E-state index contributed by atoms with van der Waals surface area (Å²) in [5, 5.41) is 3.55. The quantitative estimate of drug-likeness (QED) is 0.911. The Kier molecular flexibility index (Phi) is 4.28. The normalized spacial score (nSPS) is 12.1. The molecule has 1 atom stereocenters. The number of nitrogens with zero attached hydrogens (tertiary/aromatic N) is 2. The van der Waals surface area contributed by atoms with Crippen molar-refractivity contribution in [2.24, 2.45) is 0 Å². The Hall–Kier alpha value is -2.03. The van der Waals surface area contributed by atoms with Crippen LogP contribution in [0.1, 0.15) is 29.7 Å². The van der Waals surface area contributed by atoms with Crippen LogP contribution in [0.2, 0.25) is 0 Å². The predicted molar refractivity (Wildman–Crippen MR) is 86.5 cm³/mol. The molecule has 2 aromatic rings. The molecule has 1 heterocycles. The maximum atomic E-state index is 4.42. The maximum Gasteiger partial charge on any atom is 0.151 e. The number of hydrogen-bond donors (Lipinski definition) is 1. The minimum Gasteiger partial charge on any atom is -0.376 e. The molecule has 0 bridgehead atoms. The van der Waals surface area contributed by atoms with Gasteiger partial charge in [0.15, 0.2) is 5.82 Å². The fourth-order valence-electron chi connectivity index (χ4n) is 2.22.